The number of carbonyl (C=O) groups excluding carboxylic acids is 1. The molecule has 1 heterocycles. The Labute approximate surface area is 63.6 Å². The molecule has 2 fully saturated rings. The first kappa shape index (κ1) is 6.79. The van der Waals surface area contributed by atoms with Crippen molar-refractivity contribution in [3.8, 4) is 0 Å². The first-order valence-corrected chi connectivity index (χ1v) is 3.69. The molecule has 1 aliphatic heterocycles. The number of ketones is 1. The van der Waals surface area contributed by atoms with Gasteiger partial charge in [0.05, 0.1) is 0 Å². The van der Waals surface area contributed by atoms with Gasteiger partial charge in [-0.3, -0.25) is 9.59 Å². The summed E-state index contributed by atoms with van der Waals surface area (Å²) >= 11 is 0. The van der Waals surface area contributed by atoms with Gasteiger partial charge in [0.1, 0.15) is 11.8 Å². The number of carbonyl (C=O) groups is 2. The van der Waals surface area contributed by atoms with E-state index in [-0.39, 0.29) is 17.6 Å². The minimum Gasteiger partial charge on any atom is -0.480 e. The van der Waals surface area contributed by atoms with Crippen molar-refractivity contribution in [2.45, 2.75) is 12.5 Å². The number of aliphatic carboxylic acids is 1. The zero-order valence-corrected chi connectivity index (χ0v) is 5.91. The summed E-state index contributed by atoms with van der Waals surface area (Å²) in [5, 5.41) is 11.5. The normalized spacial score (nSPS) is 41.5. The van der Waals surface area contributed by atoms with Crippen molar-refractivity contribution in [3.05, 3.63) is 0 Å². The number of Topliss-reactive ketones (excluding diaryl/α,β-unsaturated/α-hetero) is 1. The van der Waals surface area contributed by atoms with Crippen LogP contribution in [0.4, 0.5) is 0 Å². The van der Waals surface area contributed by atoms with Crippen molar-refractivity contribution >= 4 is 11.8 Å². The molecule has 60 valence electrons. The maximum atomic E-state index is 10.8. The van der Waals surface area contributed by atoms with Crippen molar-refractivity contribution in [2.75, 3.05) is 6.54 Å². The molecule has 0 unspecified atom stereocenters. The highest BCUT2D eigenvalue weighted by molar-refractivity contribution is 5.91. The molecule has 0 aromatic heterocycles. The summed E-state index contributed by atoms with van der Waals surface area (Å²) in [5.41, 5.74) is 0. The van der Waals surface area contributed by atoms with Crippen molar-refractivity contribution in [1.29, 1.82) is 0 Å². The molecule has 3 atom stereocenters. The smallest absolute Gasteiger partial charge is 0.321 e. The fraction of sp³-hybridized carbons (Fsp3) is 0.714. The van der Waals surface area contributed by atoms with Crippen LogP contribution in [0, 0.1) is 11.8 Å². The molecule has 2 N–H and O–H groups in total. The summed E-state index contributed by atoms with van der Waals surface area (Å²) in [6.07, 6.45) is 0.453. The van der Waals surface area contributed by atoms with Crippen LogP contribution in [0.2, 0.25) is 0 Å². The third kappa shape index (κ3) is 0.790. The Bertz CT molecular complexity index is 226. The van der Waals surface area contributed by atoms with Crippen LogP contribution < -0.4 is 5.32 Å². The van der Waals surface area contributed by atoms with E-state index in [1.165, 1.54) is 0 Å². The Morgan fingerprint density at radius 2 is 2.36 bits per heavy atom. The average molecular weight is 155 g/mol. The summed E-state index contributed by atoms with van der Waals surface area (Å²) in [4.78, 5) is 21.4. The molecular weight excluding hydrogens is 146 g/mol. The number of fused-ring (bicyclic) bond motifs is 1. The van der Waals surface area contributed by atoms with Gasteiger partial charge in [-0.05, 0) is 0 Å². The highest BCUT2D eigenvalue weighted by Gasteiger charge is 2.51. The lowest BCUT2D eigenvalue weighted by Gasteiger charge is -2.29. The van der Waals surface area contributed by atoms with Crippen LogP contribution >= 0.6 is 0 Å². The van der Waals surface area contributed by atoms with Crippen molar-refractivity contribution < 1.29 is 14.7 Å². The average Bonchev–Trinajstić information content (AvgIpc) is 2.25. The molecular formula is C7H9NO3. The molecule has 2 aliphatic rings. The molecule has 1 saturated carbocycles. The Morgan fingerprint density at radius 3 is 2.82 bits per heavy atom. The van der Waals surface area contributed by atoms with Gasteiger partial charge in [0.25, 0.3) is 0 Å². The van der Waals surface area contributed by atoms with Gasteiger partial charge in [-0.2, -0.15) is 0 Å². The fourth-order valence-corrected chi connectivity index (χ4v) is 1.90. The summed E-state index contributed by atoms with van der Waals surface area (Å²) in [6.45, 7) is 0.556. The molecule has 0 spiro atoms. The first-order chi connectivity index (χ1) is 5.20. The monoisotopic (exact) mass is 155 g/mol. The summed E-state index contributed by atoms with van der Waals surface area (Å²) in [6, 6.07) is -0.474. The van der Waals surface area contributed by atoms with E-state index in [2.05, 4.69) is 5.32 Å². The van der Waals surface area contributed by atoms with Crippen LogP contribution in [0.3, 0.4) is 0 Å². The first-order valence-electron chi connectivity index (χ1n) is 3.69. The van der Waals surface area contributed by atoms with Gasteiger partial charge < -0.3 is 10.4 Å². The molecule has 4 heteroatoms. The quantitative estimate of drug-likeness (QED) is 0.522. The van der Waals surface area contributed by atoms with E-state index < -0.39 is 12.0 Å². The van der Waals surface area contributed by atoms with Crippen LogP contribution in [0.1, 0.15) is 6.42 Å². The largest absolute Gasteiger partial charge is 0.480 e. The van der Waals surface area contributed by atoms with Crippen LogP contribution in [-0.2, 0) is 9.59 Å². The van der Waals surface area contributed by atoms with Gasteiger partial charge in [0.15, 0.2) is 0 Å². The number of carboxylic acid groups (broad SMARTS) is 1. The maximum absolute atomic E-state index is 10.8. The third-order valence-corrected chi connectivity index (χ3v) is 2.62. The van der Waals surface area contributed by atoms with E-state index in [9.17, 15) is 9.59 Å². The van der Waals surface area contributed by atoms with Crippen LogP contribution in [0.25, 0.3) is 0 Å². The van der Waals surface area contributed by atoms with Gasteiger partial charge in [-0.1, -0.05) is 0 Å². The van der Waals surface area contributed by atoms with E-state index in [1.807, 2.05) is 0 Å². The second-order valence-electron chi connectivity index (χ2n) is 3.16. The van der Waals surface area contributed by atoms with E-state index in [4.69, 9.17) is 5.11 Å². The molecule has 0 bridgehead atoms. The zero-order chi connectivity index (χ0) is 8.01. The second-order valence-corrected chi connectivity index (χ2v) is 3.16. The molecule has 2 rings (SSSR count). The highest BCUT2D eigenvalue weighted by atomic mass is 16.4. The van der Waals surface area contributed by atoms with Crippen molar-refractivity contribution in [3.63, 3.8) is 0 Å². The van der Waals surface area contributed by atoms with E-state index in [1.54, 1.807) is 0 Å². The second kappa shape index (κ2) is 2.04. The van der Waals surface area contributed by atoms with Crippen molar-refractivity contribution in [1.82, 2.24) is 5.32 Å². The van der Waals surface area contributed by atoms with Crippen LogP contribution in [-0.4, -0.2) is 29.4 Å². The Morgan fingerprint density at radius 1 is 1.64 bits per heavy atom. The van der Waals surface area contributed by atoms with E-state index >= 15 is 0 Å². The summed E-state index contributed by atoms with van der Waals surface area (Å²) < 4.78 is 0. The Kier molecular flexibility index (Phi) is 1.26. The number of carboxylic acids is 1. The number of hydrogen-bond acceptors (Lipinski definition) is 3. The lowest BCUT2D eigenvalue weighted by molar-refractivity contribution is -0.143. The maximum Gasteiger partial charge on any atom is 0.321 e. The van der Waals surface area contributed by atoms with Crippen LogP contribution in [0.5, 0.6) is 0 Å². The molecule has 1 saturated heterocycles. The molecule has 11 heavy (non-hydrogen) atoms. The van der Waals surface area contributed by atoms with Crippen molar-refractivity contribution in [2.24, 2.45) is 11.8 Å². The number of nitrogens with one attached hydrogen (secondary N) is 1. The van der Waals surface area contributed by atoms with Gasteiger partial charge in [0.2, 0.25) is 0 Å². The van der Waals surface area contributed by atoms with Gasteiger partial charge in [-0.25, -0.2) is 0 Å². The lowest BCUT2D eigenvalue weighted by atomic mass is 9.72. The van der Waals surface area contributed by atoms with Crippen LogP contribution in [0.15, 0.2) is 0 Å². The molecule has 0 amide bonds. The zero-order valence-electron chi connectivity index (χ0n) is 5.91. The molecule has 0 aromatic carbocycles. The van der Waals surface area contributed by atoms with Gasteiger partial charge in [0, 0.05) is 24.8 Å². The fourth-order valence-electron chi connectivity index (χ4n) is 1.90. The van der Waals surface area contributed by atoms with E-state index in [0.29, 0.717) is 13.0 Å². The molecule has 4 nitrogen and oxygen atoms in total. The third-order valence-electron chi connectivity index (χ3n) is 2.62. The Balaban J connectivity index is 2.09. The SMILES string of the molecule is O=C1C[C@@H]2[C@@H]1CN[C@H]2C(=O)O. The molecule has 1 aliphatic carbocycles. The van der Waals surface area contributed by atoms with Gasteiger partial charge in [-0.15, -0.1) is 0 Å². The van der Waals surface area contributed by atoms with E-state index in [0.717, 1.165) is 0 Å². The molecule has 0 aromatic rings. The Hall–Kier alpha value is -0.900. The predicted molar refractivity (Wildman–Crippen MR) is 36.0 cm³/mol. The summed E-state index contributed by atoms with van der Waals surface area (Å²) in [7, 11) is 0. The number of hydrogen-bond donors (Lipinski definition) is 2. The minimum atomic E-state index is -0.829. The summed E-state index contributed by atoms with van der Waals surface area (Å²) in [5.74, 6) is -0.549. The minimum absolute atomic E-state index is 0.00361. The predicted octanol–water partition coefficient (Wildman–Crippen LogP) is -0.752. The number of rotatable bonds is 1. The molecule has 0 radical (unpaired) electrons. The topological polar surface area (TPSA) is 66.4 Å². The van der Waals surface area contributed by atoms with Gasteiger partial charge >= 0.3 is 5.97 Å². The lowest BCUT2D eigenvalue weighted by Crippen LogP contribution is -2.43. The standard InChI is InChI=1S/C7H9NO3/c9-5-1-3-4(5)2-8-6(3)7(10)11/h3-4,6,8H,1-2H2,(H,10,11)/t3-,4+,6-/m1/s1. The highest BCUT2D eigenvalue weighted by Crippen LogP contribution is 2.37.